The summed E-state index contributed by atoms with van der Waals surface area (Å²) in [6.45, 7) is 0. The van der Waals surface area contributed by atoms with E-state index in [1.54, 1.807) is 12.1 Å². The zero-order chi connectivity index (χ0) is 28.6. The summed E-state index contributed by atoms with van der Waals surface area (Å²) < 4.78 is 12.4. The van der Waals surface area contributed by atoms with Crippen molar-refractivity contribution in [1.82, 2.24) is 9.97 Å². The van der Waals surface area contributed by atoms with Gasteiger partial charge < -0.3 is 20.1 Å². The molecule has 0 amide bonds. The van der Waals surface area contributed by atoms with E-state index in [0.29, 0.717) is 34.4 Å². The number of para-hydroxylation sites is 4. The van der Waals surface area contributed by atoms with Gasteiger partial charge in [-0.3, -0.25) is 4.79 Å². The van der Waals surface area contributed by atoms with Gasteiger partial charge in [-0.15, -0.1) is 0 Å². The molecule has 2 atom stereocenters. The summed E-state index contributed by atoms with van der Waals surface area (Å²) in [5, 5.41) is 6.83. The number of rotatable bonds is 10. The van der Waals surface area contributed by atoms with Crippen LogP contribution in [0.3, 0.4) is 0 Å². The maximum atomic E-state index is 13.3. The molecular weight excluding hydrogens is 524 g/mol. The van der Waals surface area contributed by atoms with Gasteiger partial charge in [0, 0.05) is 5.56 Å². The summed E-state index contributed by atoms with van der Waals surface area (Å²) in [6, 6.07) is 35.5. The van der Waals surface area contributed by atoms with E-state index in [2.05, 4.69) is 15.6 Å². The first-order valence-corrected chi connectivity index (χ1v) is 13.6. The Hall–Kier alpha value is -5.69. The van der Waals surface area contributed by atoms with Gasteiger partial charge in [-0.05, 0) is 42.5 Å². The molecule has 7 nitrogen and oxygen atoms in total. The number of ketones is 1. The lowest BCUT2D eigenvalue weighted by Crippen LogP contribution is -2.36. The van der Waals surface area contributed by atoms with Crippen molar-refractivity contribution >= 4 is 23.1 Å². The lowest BCUT2D eigenvalue weighted by atomic mass is 10.1. The summed E-state index contributed by atoms with van der Waals surface area (Å²) in [5.74, 6) is 2.67. The molecule has 206 valence electrons. The molecule has 0 aliphatic heterocycles. The fourth-order valence-corrected chi connectivity index (χ4v) is 4.47. The molecule has 1 aromatic heterocycles. The quantitative estimate of drug-likeness (QED) is 0.173. The zero-order valence-corrected chi connectivity index (χ0v) is 22.6. The third-order valence-corrected chi connectivity index (χ3v) is 6.56. The van der Waals surface area contributed by atoms with Gasteiger partial charge in [0.2, 0.25) is 5.78 Å². The predicted molar refractivity (Wildman–Crippen MR) is 165 cm³/mol. The molecule has 1 aliphatic rings. The predicted octanol–water partition coefficient (Wildman–Crippen LogP) is 7.60. The molecule has 6 rings (SSSR count). The molecule has 0 fully saturated rings. The second-order valence-corrected chi connectivity index (χ2v) is 9.52. The van der Waals surface area contributed by atoms with E-state index in [9.17, 15) is 4.79 Å². The van der Waals surface area contributed by atoms with Crippen LogP contribution < -0.4 is 20.1 Å². The number of aromatic nitrogens is 2. The molecule has 0 bridgehead atoms. The van der Waals surface area contributed by atoms with Crippen LogP contribution >= 0.6 is 0 Å². The standard InChI is InChI=1S/C35H28N4O3/c40-33(25-14-4-1-5-15-25)30-24-36-34(37-28-20-10-12-22-31(28)41-26-16-6-2-7-17-26)35(39-30)38-29-21-11-13-23-32(29)42-27-18-8-3-9-19-27/h1-24,28,31H,(H,36,37)(H,38,39). The van der Waals surface area contributed by atoms with Crippen LogP contribution in [0.5, 0.6) is 17.2 Å². The topological polar surface area (TPSA) is 85.4 Å². The van der Waals surface area contributed by atoms with Crippen LogP contribution in [0.1, 0.15) is 16.1 Å². The van der Waals surface area contributed by atoms with Gasteiger partial charge in [0.1, 0.15) is 23.3 Å². The van der Waals surface area contributed by atoms with Gasteiger partial charge in [-0.1, -0.05) is 97.1 Å². The smallest absolute Gasteiger partial charge is 0.213 e. The third-order valence-electron chi connectivity index (χ3n) is 6.56. The molecular formula is C35H28N4O3. The SMILES string of the molecule is O=C(c1ccccc1)c1cnc(NC2C=CC=CC2Oc2ccccc2)c(Nc2ccccc2Oc2ccccc2)n1. The lowest BCUT2D eigenvalue weighted by molar-refractivity contribution is 0.103. The molecule has 7 heteroatoms. The highest BCUT2D eigenvalue weighted by atomic mass is 16.5. The molecule has 0 radical (unpaired) electrons. The Kier molecular flexibility index (Phi) is 7.99. The van der Waals surface area contributed by atoms with E-state index >= 15 is 0 Å². The Bertz CT molecular complexity index is 1710. The van der Waals surface area contributed by atoms with E-state index in [1.165, 1.54) is 6.20 Å². The summed E-state index contributed by atoms with van der Waals surface area (Å²) in [7, 11) is 0. The Morgan fingerprint density at radius 3 is 2.10 bits per heavy atom. The number of anilines is 3. The fraction of sp³-hybridized carbons (Fsp3) is 0.0571. The minimum Gasteiger partial charge on any atom is -0.484 e. The number of ether oxygens (including phenoxy) is 2. The highest BCUT2D eigenvalue weighted by Crippen LogP contribution is 2.33. The normalized spacial score (nSPS) is 15.5. The molecule has 0 spiro atoms. The molecule has 0 saturated carbocycles. The van der Waals surface area contributed by atoms with Crippen molar-refractivity contribution < 1.29 is 14.3 Å². The molecule has 42 heavy (non-hydrogen) atoms. The van der Waals surface area contributed by atoms with Gasteiger partial charge in [-0.2, -0.15) is 0 Å². The Balaban J connectivity index is 1.33. The number of carbonyl (C=O) groups is 1. The molecule has 5 aromatic rings. The summed E-state index contributed by atoms with van der Waals surface area (Å²) >= 11 is 0. The van der Waals surface area contributed by atoms with E-state index in [4.69, 9.17) is 14.5 Å². The van der Waals surface area contributed by atoms with E-state index in [-0.39, 0.29) is 23.6 Å². The molecule has 2 unspecified atom stereocenters. The van der Waals surface area contributed by atoms with Crippen LogP contribution in [0.25, 0.3) is 0 Å². The monoisotopic (exact) mass is 552 g/mol. The first-order chi connectivity index (χ1) is 20.7. The van der Waals surface area contributed by atoms with Crippen LogP contribution in [0.15, 0.2) is 146 Å². The molecule has 0 saturated heterocycles. The minimum atomic E-state index is -0.300. The maximum absolute atomic E-state index is 13.3. The van der Waals surface area contributed by atoms with Gasteiger partial charge in [0.25, 0.3) is 0 Å². The summed E-state index contributed by atoms with van der Waals surface area (Å²) in [6.07, 6.45) is 9.10. The Morgan fingerprint density at radius 1 is 0.690 bits per heavy atom. The fourth-order valence-electron chi connectivity index (χ4n) is 4.47. The first kappa shape index (κ1) is 26.5. The van der Waals surface area contributed by atoms with Crippen molar-refractivity contribution in [2.75, 3.05) is 10.6 Å². The van der Waals surface area contributed by atoms with Crippen LogP contribution in [-0.4, -0.2) is 27.9 Å². The molecule has 2 N–H and O–H groups in total. The number of hydrogen-bond donors (Lipinski definition) is 2. The number of carbonyl (C=O) groups excluding carboxylic acids is 1. The summed E-state index contributed by atoms with van der Waals surface area (Å²) in [4.78, 5) is 22.7. The highest BCUT2D eigenvalue weighted by molar-refractivity contribution is 6.07. The van der Waals surface area contributed by atoms with Crippen LogP contribution in [0.2, 0.25) is 0 Å². The van der Waals surface area contributed by atoms with Crippen molar-refractivity contribution in [3.8, 4) is 17.2 Å². The number of nitrogens with zero attached hydrogens (tertiary/aromatic N) is 2. The molecule has 4 aromatic carbocycles. The van der Waals surface area contributed by atoms with Gasteiger partial charge in [-0.25, -0.2) is 9.97 Å². The lowest BCUT2D eigenvalue weighted by Gasteiger charge is -2.27. The average molecular weight is 553 g/mol. The Labute approximate surface area is 244 Å². The highest BCUT2D eigenvalue weighted by Gasteiger charge is 2.24. The average Bonchev–Trinajstić information content (AvgIpc) is 3.05. The van der Waals surface area contributed by atoms with E-state index < -0.39 is 0 Å². The first-order valence-electron chi connectivity index (χ1n) is 13.6. The Morgan fingerprint density at radius 2 is 1.33 bits per heavy atom. The van der Waals surface area contributed by atoms with Crippen LogP contribution in [-0.2, 0) is 0 Å². The van der Waals surface area contributed by atoms with Crippen molar-refractivity contribution in [3.05, 3.63) is 157 Å². The van der Waals surface area contributed by atoms with Gasteiger partial charge in [0.05, 0.1) is 17.9 Å². The summed E-state index contributed by atoms with van der Waals surface area (Å²) in [5.41, 5.74) is 1.41. The van der Waals surface area contributed by atoms with Crippen LogP contribution in [0.4, 0.5) is 17.3 Å². The van der Waals surface area contributed by atoms with Crippen molar-refractivity contribution in [1.29, 1.82) is 0 Å². The second-order valence-electron chi connectivity index (χ2n) is 9.52. The number of hydrogen-bond acceptors (Lipinski definition) is 7. The van der Waals surface area contributed by atoms with Gasteiger partial charge in [0.15, 0.2) is 17.4 Å². The molecule has 1 aliphatic carbocycles. The van der Waals surface area contributed by atoms with Crippen molar-refractivity contribution in [2.24, 2.45) is 0 Å². The van der Waals surface area contributed by atoms with Crippen LogP contribution in [0, 0.1) is 0 Å². The van der Waals surface area contributed by atoms with Crippen molar-refractivity contribution in [2.45, 2.75) is 12.1 Å². The maximum Gasteiger partial charge on any atom is 0.213 e. The third kappa shape index (κ3) is 6.37. The molecule has 1 heterocycles. The number of allylic oxidation sites excluding steroid dienone is 2. The zero-order valence-electron chi connectivity index (χ0n) is 22.6. The second kappa shape index (κ2) is 12.7. The largest absolute Gasteiger partial charge is 0.484 e. The van der Waals surface area contributed by atoms with Crippen molar-refractivity contribution in [3.63, 3.8) is 0 Å². The van der Waals surface area contributed by atoms with E-state index in [0.717, 1.165) is 5.75 Å². The van der Waals surface area contributed by atoms with E-state index in [1.807, 2.05) is 127 Å². The minimum absolute atomic E-state index is 0.215. The number of benzene rings is 4. The van der Waals surface area contributed by atoms with Gasteiger partial charge >= 0.3 is 0 Å². The number of nitrogens with one attached hydrogen (secondary N) is 2.